The summed E-state index contributed by atoms with van der Waals surface area (Å²) in [4.78, 5) is 8.82. The van der Waals surface area contributed by atoms with Gasteiger partial charge in [-0.1, -0.05) is 13.8 Å². The van der Waals surface area contributed by atoms with E-state index in [-0.39, 0.29) is 0 Å². The minimum atomic E-state index is -4.18. The van der Waals surface area contributed by atoms with E-state index in [9.17, 15) is 18.5 Å². The molecular weight excluding hydrogens is 258 g/mol. The standard InChI is InChI=1S/C6H4ClNO5S.C2H6/c7-14(12,13)6-2-1-4(9)3-5(6)8(10)11;1-2/h1-3,9H;1-2H3. The minimum absolute atomic E-state index is 0.402. The van der Waals surface area contributed by atoms with Gasteiger partial charge < -0.3 is 5.11 Å². The first kappa shape index (κ1) is 14.7. The average molecular weight is 268 g/mol. The molecule has 0 radical (unpaired) electrons. The van der Waals surface area contributed by atoms with Gasteiger partial charge in [-0.3, -0.25) is 10.1 Å². The van der Waals surface area contributed by atoms with Gasteiger partial charge in [-0.25, -0.2) is 8.42 Å². The number of hydrogen-bond acceptors (Lipinski definition) is 5. The Kier molecular flexibility index (Phi) is 5.19. The zero-order valence-electron chi connectivity index (χ0n) is 8.55. The molecule has 0 saturated heterocycles. The van der Waals surface area contributed by atoms with Gasteiger partial charge in [0.15, 0.2) is 4.90 Å². The Balaban J connectivity index is 0.00000106. The van der Waals surface area contributed by atoms with Crippen LogP contribution < -0.4 is 0 Å². The molecule has 0 aliphatic carbocycles. The number of benzene rings is 1. The molecule has 0 aromatic heterocycles. The van der Waals surface area contributed by atoms with Gasteiger partial charge in [0, 0.05) is 10.7 Å². The topological polar surface area (TPSA) is 97.5 Å². The van der Waals surface area contributed by atoms with Gasteiger partial charge in [0.2, 0.25) is 0 Å². The fraction of sp³-hybridized carbons (Fsp3) is 0.250. The number of nitrogens with zero attached hydrogens (tertiary/aromatic N) is 1. The maximum Gasteiger partial charge on any atom is 0.292 e. The Hall–Kier alpha value is -1.34. The molecule has 1 N–H and O–H groups in total. The van der Waals surface area contributed by atoms with Gasteiger partial charge in [-0.2, -0.15) is 0 Å². The number of phenols is 1. The Morgan fingerprint density at radius 1 is 1.38 bits per heavy atom. The SMILES string of the molecule is CC.O=[N+]([O-])c1cc(O)ccc1S(=O)(=O)Cl. The van der Waals surface area contributed by atoms with Crippen LogP contribution in [0.5, 0.6) is 5.75 Å². The smallest absolute Gasteiger partial charge is 0.292 e. The third-order valence-electron chi connectivity index (χ3n) is 1.40. The van der Waals surface area contributed by atoms with Crippen molar-refractivity contribution in [2.45, 2.75) is 18.7 Å². The molecule has 0 atom stereocenters. The molecule has 0 unspecified atom stereocenters. The second-order valence-corrected chi connectivity index (χ2v) is 4.88. The van der Waals surface area contributed by atoms with Gasteiger partial charge in [0.25, 0.3) is 14.7 Å². The van der Waals surface area contributed by atoms with Crippen LogP contribution in [0.1, 0.15) is 13.8 Å². The van der Waals surface area contributed by atoms with E-state index in [4.69, 9.17) is 15.8 Å². The van der Waals surface area contributed by atoms with Crippen molar-refractivity contribution < 1.29 is 18.4 Å². The maximum absolute atomic E-state index is 10.8. The molecule has 8 heteroatoms. The monoisotopic (exact) mass is 267 g/mol. The van der Waals surface area contributed by atoms with Crippen LogP contribution in [0.25, 0.3) is 0 Å². The summed E-state index contributed by atoms with van der Waals surface area (Å²) in [5, 5.41) is 19.3. The predicted octanol–water partition coefficient (Wildman–Crippen LogP) is 2.25. The highest BCUT2D eigenvalue weighted by Crippen LogP contribution is 2.29. The van der Waals surface area contributed by atoms with Crippen LogP contribution >= 0.6 is 10.7 Å². The molecule has 0 amide bonds. The molecule has 0 aliphatic heterocycles. The van der Waals surface area contributed by atoms with Crippen molar-refractivity contribution in [2.24, 2.45) is 0 Å². The zero-order valence-corrected chi connectivity index (χ0v) is 10.1. The lowest BCUT2D eigenvalue weighted by molar-refractivity contribution is -0.387. The summed E-state index contributed by atoms with van der Waals surface area (Å²) in [6, 6.07) is 2.59. The van der Waals surface area contributed by atoms with Gasteiger partial charge in [0.05, 0.1) is 11.0 Å². The molecule has 6 nitrogen and oxygen atoms in total. The summed E-state index contributed by atoms with van der Waals surface area (Å²) in [5.74, 6) is -0.402. The van der Waals surface area contributed by atoms with Crippen LogP contribution in [0, 0.1) is 10.1 Å². The molecule has 0 saturated carbocycles. The lowest BCUT2D eigenvalue weighted by Gasteiger charge is -1.98. The zero-order chi connectivity index (χ0) is 12.9. The van der Waals surface area contributed by atoms with E-state index in [1.54, 1.807) is 0 Å². The van der Waals surface area contributed by atoms with Crippen LogP contribution in [-0.4, -0.2) is 18.4 Å². The summed E-state index contributed by atoms with van der Waals surface area (Å²) in [7, 11) is 0.770. The molecule has 16 heavy (non-hydrogen) atoms. The summed E-state index contributed by atoms with van der Waals surface area (Å²) in [6.07, 6.45) is 0. The quantitative estimate of drug-likeness (QED) is 0.503. The molecular formula is C8H10ClNO5S. The largest absolute Gasteiger partial charge is 0.508 e. The third-order valence-corrected chi connectivity index (χ3v) is 2.77. The number of nitro benzene ring substituents is 1. The van der Waals surface area contributed by atoms with Gasteiger partial charge in [0.1, 0.15) is 5.75 Å². The number of halogens is 1. The van der Waals surface area contributed by atoms with Crippen molar-refractivity contribution in [1.82, 2.24) is 0 Å². The first-order valence-electron chi connectivity index (χ1n) is 4.24. The van der Waals surface area contributed by atoms with Crippen molar-refractivity contribution >= 4 is 25.4 Å². The molecule has 90 valence electrons. The van der Waals surface area contributed by atoms with E-state index < -0.39 is 30.3 Å². The first-order valence-corrected chi connectivity index (χ1v) is 6.55. The lowest BCUT2D eigenvalue weighted by Crippen LogP contribution is -1.98. The van der Waals surface area contributed by atoms with Crippen LogP contribution in [0.2, 0.25) is 0 Å². The average Bonchev–Trinajstić information content (AvgIpc) is 2.18. The van der Waals surface area contributed by atoms with Gasteiger partial charge in [-0.05, 0) is 12.1 Å². The Morgan fingerprint density at radius 3 is 2.25 bits per heavy atom. The van der Waals surface area contributed by atoms with Crippen molar-refractivity contribution in [2.75, 3.05) is 0 Å². The minimum Gasteiger partial charge on any atom is -0.508 e. The second kappa shape index (κ2) is 5.66. The van der Waals surface area contributed by atoms with E-state index in [1.807, 2.05) is 13.8 Å². The highest BCUT2D eigenvalue weighted by Gasteiger charge is 2.24. The molecule has 0 heterocycles. The molecule has 1 rings (SSSR count). The lowest BCUT2D eigenvalue weighted by atomic mass is 10.3. The van der Waals surface area contributed by atoms with Gasteiger partial charge >= 0.3 is 0 Å². The van der Waals surface area contributed by atoms with Crippen LogP contribution in [0.3, 0.4) is 0 Å². The Labute approximate surface area is 97.0 Å². The van der Waals surface area contributed by atoms with Crippen molar-refractivity contribution in [1.29, 1.82) is 0 Å². The normalized spacial score (nSPS) is 10.2. The molecule has 0 bridgehead atoms. The second-order valence-electron chi connectivity index (χ2n) is 2.35. The number of nitro groups is 1. The van der Waals surface area contributed by atoms with Crippen molar-refractivity contribution in [3.8, 4) is 5.75 Å². The highest BCUT2D eigenvalue weighted by atomic mass is 35.7. The number of aromatic hydroxyl groups is 1. The summed E-state index contributed by atoms with van der Waals surface area (Å²) in [5.41, 5.74) is -0.750. The summed E-state index contributed by atoms with van der Waals surface area (Å²) in [6.45, 7) is 4.00. The molecule has 1 aromatic rings. The Bertz CT molecular complexity index is 485. The predicted molar refractivity (Wildman–Crippen MR) is 59.1 cm³/mol. The first-order chi connectivity index (χ1) is 7.32. The number of phenolic OH excluding ortho intramolecular Hbond substituents is 1. The fourth-order valence-electron chi connectivity index (χ4n) is 0.855. The number of rotatable bonds is 2. The van der Waals surface area contributed by atoms with Crippen molar-refractivity contribution in [3.05, 3.63) is 28.3 Å². The molecule has 0 spiro atoms. The van der Waals surface area contributed by atoms with Gasteiger partial charge in [-0.15, -0.1) is 0 Å². The van der Waals surface area contributed by atoms with E-state index in [0.29, 0.717) is 0 Å². The highest BCUT2D eigenvalue weighted by molar-refractivity contribution is 8.13. The fourth-order valence-corrected chi connectivity index (χ4v) is 1.86. The van der Waals surface area contributed by atoms with E-state index >= 15 is 0 Å². The van der Waals surface area contributed by atoms with Crippen LogP contribution in [0.15, 0.2) is 23.1 Å². The van der Waals surface area contributed by atoms with Crippen LogP contribution in [-0.2, 0) is 9.05 Å². The maximum atomic E-state index is 10.8. The molecule has 1 aromatic carbocycles. The van der Waals surface area contributed by atoms with E-state index in [1.165, 1.54) is 0 Å². The summed E-state index contributed by atoms with van der Waals surface area (Å²) < 4.78 is 21.7. The van der Waals surface area contributed by atoms with E-state index in [0.717, 1.165) is 18.2 Å². The van der Waals surface area contributed by atoms with Crippen molar-refractivity contribution in [3.63, 3.8) is 0 Å². The Morgan fingerprint density at radius 2 is 1.88 bits per heavy atom. The third kappa shape index (κ3) is 3.67. The van der Waals surface area contributed by atoms with E-state index in [2.05, 4.69) is 0 Å². The van der Waals surface area contributed by atoms with Crippen LogP contribution in [0.4, 0.5) is 5.69 Å². The molecule has 0 fully saturated rings. The number of hydrogen-bond donors (Lipinski definition) is 1. The summed E-state index contributed by atoms with van der Waals surface area (Å²) >= 11 is 0. The molecule has 0 aliphatic rings.